The van der Waals surface area contributed by atoms with Crippen molar-refractivity contribution in [2.75, 3.05) is 25.2 Å². The van der Waals surface area contributed by atoms with Gasteiger partial charge in [-0.1, -0.05) is 42.5 Å². The number of para-hydroxylation sites is 5. The maximum Gasteiger partial charge on any atom is 0.227 e. The zero-order valence-electron chi connectivity index (χ0n) is 19.8. The molecule has 174 valence electrons. The lowest BCUT2D eigenvalue weighted by molar-refractivity contribution is -0.117. The first kappa shape index (κ1) is 22.0. The summed E-state index contributed by atoms with van der Waals surface area (Å²) in [5, 5.41) is 0. The molecule has 0 spiro atoms. The fourth-order valence-electron chi connectivity index (χ4n) is 4.95. The minimum atomic E-state index is 0.0187. The number of anilines is 1. The third kappa shape index (κ3) is 4.00. The highest BCUT2D eigenvalue weighted by molar-refractivity contribution is 5.98. The molecule has 5 rings (SSSR count). The second-order valence-corrected chi connectivity index (χ2v) is 8.76. The lowest BCUT2D eigenvalue weighted by Crippen LogP contribution is -2.26. The van der Waals surface area contributed by atoms with E-state index in [-0.39, 0.29) is 11.8 Å². The van der Waals surface area contributed by atoms with Crippen LogP contribution in [0.2, 0.25) is 0 Å². The average Bonchev–Trinajstić information content (AvgIpc) is 3.40. The highest BCUT2D eigenvalue weighted by atomic mass is 16.5. The topological polar surface area (TPSA) is 56.6 Å². The second-order valence-electron chi connectivity index (χ2n) is 8.76. The van der Waals surface area contributed by atoms with E-state index in [1.807, 2.05) is 53.4 Å². The Morgan fingerprint density at radius 2 is 1.65 bits per heavy atom. The molecule has 1 unspecified atom stereocenters. The molecular weight excluding hydrogens is 426 g/mol. The molecule has 3 aromatic carbocycles. The van der Waals surface area contributed by atoms with Gasteiger partial charge in [0, 0.05) is 24.6 Å². The standard InChI is InChI=1S/C28H29N3O3/c1-19-9-8-10-20(2)27(19)31-18-21(17-26(31)32)28-29-22-11-4-5-12-23(22)30(28)15-16-34-25-14-7-6-13-24(25)33-3/h4-14,21H,15-18H2,1-3H3. The number of hydrogen-bond donors (Lipinski definition) is 0. The fourth-order valence-corrected chi connectivity index (χ4v) is 4.95. The fraction of sp³-hybridized carbons (Fsp3) is 0.286. The zero-order valence-corrected chi connectivity index (χ0v) is 19.8. The van der Waals surface area contributed by atoms with Crippen LogP contribution < -0.4 is 14.4 Å². The van der Waals surface area contributed by atoms with Gasteiger partial charge in [0.2, 0.25) is 5.91 Å². The van der Waals surface area contributed by atoms with E-state index < -0.39 is 0 Å². The molecule has 2 heterocycles. The van der Waals surface area contributed by atoms with Crippen molar-refractivity contribution in [3.05, 3.63) is 83.7 Å². The van der Waals surface area contributed by atoms with Gasteiger partial charge in [-0.2, -0.15) is 0 Å². The van der Waals surface area contributed by atoms with Crippen LogP contribution in [0.3, 0.4) is 0 Å². The highest BCUT2D eigenvalue weighted by Gasteiger charge is 2.35. The maximum absolute atomic E-state index is 13.1. The first-order chi connectivity index (χ1) is 16.6. The van der Waals surface area contributed by atoms with E-state index >= 15 is 0 Å². The summed E-state index contributed by atoms with van der Waals surface area (Å²) in [5.41, 5.74) is 5.25. The number of imidazole rings is 1. The Morgan fingerprint density at radius 3 is 2.41 bits per heavy atom. The molecule has 34 heavy (non-hydrogen) atoms. The van der Waals surface area contributed by atoms with Crippen molar-refractivity contribution in [3.63, 3.8) is 0 Å². The molecule has 1 aliphatic rings. The van der Waals surface area contributed by atoms with Gasteiger partial charge < -0.3 is 18.9 Å². The summed E-state index contributed by atoms with van der Waals surface area (Å²) < 4.78 is 13.7. The summed E-state index contributed by atoms with van der Waals surface area (Å²) in [6.45, 7) is 5.85. The molecule has 0 bridgehead atoms. The quantitative estimate of drug-likeness (QED) is 0.381. The van der Waals surface area contributed by atoms with E-state index in [2.05, 4.69) is 36.6 Å². The van der Waals surface area contributed by atoms with Crippen molar-refractivity contribution in [1.29, 1.82) is 0 Å². The normalized spacial score (nSPS) is 15.8. The van der Waals surface area contributed by atoms with Crippen molar-refractivity contribution < 1.29 is 14.3 Å². The number of benzene rings is 3. The lowest BCUT2D eigenvalue weighted by atomic mass is 10.1. The highest BCUT2D eigenvalue weighted by Crippen LogP contribution is 2.36. The van der Waals surface area contributed by atoms with Gasteiger partial charge in [-0.25, -0.2) is 4.98 Å². The molecule has 1 aromatic heterocycles. The van der Waals surface area contributed by atoms with Crippen molar-refractivity contribution in [2.45, 2.75) is 32.7 Å². The van der Waals surface area contributed by atoms with E-state index in [9.17, 15) is 4.79 Å². The molecule has 1 aliphatic heterocycles. The van der Waals surface area contributed by atoms with Crippen molar-refractivity contribution in [2.24, 2.45) is 0 Å². The monoisotopic (exact) mass is 455 g/mol. The molecule has 1 amide bonds. The number of fused-ring (bicyclic) bond motifs is 1. The number of ether oxygens (including phenoxy) is 2. The second kappa shape index (κ2) is 9.21. The number of methoxy groups -OCH3 is 1. The van der Waals surface area contributed by atoms with Crippen molar-refractivity contribution in [3.8, 4) is 11.5 Å². The summed E-state index contributed by atoms with van der Waals surface area (Å²) in [6, 6.07) is 21.9. The van der Waals surface area contributed by atoms with Crippen LogP contribution in [0.25, 0.3) is 11.0 Å². The van der Waals surface area contributed by atoms with E-state index in [0.29, 0.717) is 37.6 Å². The number of carbonyl (C=O) groups is 1. The van der Waals surface area contributed by atoms with Gasteiger partial charge in [0.25, 0.3) is 0 Å². The summed E-state index contributed by atoms with van der Waals surface area (Å²) in [7, 11) is 1.64. The number of amides is 1. The van der Waals surface area contributed by atoms with E-state index in [1.165, 1.54) is 0 Å². The molecule has 0 saturated carbocycles. The summed E-state index contributed by atoms with van der Waals surface area (Å²) in [5.74, 6) is 2.53. The predicted octanol–water partition coefficient (Wildman–Crippen LogP) is 5.26. The molecular formula is C28H29N3O3. The molecule has 0 radical (unpaired) electrons. The Kier molecular flexibility index (Phi) is 5.97. The third-order valence-electron chi connectivity index (χ3n) is 6.53. The molecule has 1 atom stereocenters. The number of aryl methyl sites for hydroxylation is 2. The Morgan fingerprint density at radius 1 is 0.941 bits per heavy atom. The van der Waals surface area contributed by atoms with Gasteiger partial charge in [0.1, 0.15) is 12.4 Å². The smallest absolute Gasteiger partial charge is 0.227 e. The van der Waals surface area contributed by atoms with Crippen LogP contribution in [0.15, 0.2) is 66.7 Å². The van der Waals surface area contributed by atoms with Gasteiger partial charge in [-0.05, 0) is 49.2 Å². The largest absolute Gasteiger partial charge is 0.493 e. The Bertz CT molecular complexity index is 1320. The third-order valence-corrected chi connectivity index (χ3v) is 6.53. The minimum absolute atomic E-state index is 0.0187. The summed E-state index contributed by atoms with van der Waals surface area (Å²) >= 11 is 0. The first-order valence-electron chi connectivity index (χ1n) is 11.6. The van der Waals surface area contributed by atoms with Crippen LogP contribution in [0.5, 0.6) is 11.5 Å². The predicted molar refractivity (Wildman–Crippen MR) is 134 cm³/mol. The van der Waals surface area contributed by atoms with Crippen LogP contribution in [0, 0.1) is 13.8 Å². The van der Waals surface area contributed by atoms with Gasteiger partial charge in [-0.3, -0.25) is 4.79 Å². The van der Waals surface area contributed by atoms with Crippen LogP contribution >= 0.6 is 0 Å². The van der Waals surface area contributed by atoms with Gasteiger partial charge in [-0.15, -0.1) is 0 Å². The number of nitrogens with zero attached hydrogens (tertiary/aromatic N) is 3. The minimum Gasteiger partial charge on any atom is -0.493 e. The number of carbonyl (C=O) groups excluding carboxylic acids is 1. The first-order valence-corrected chi connectivity index (χ1v) is 11.6. The molecule has 0 N–H and O–H groups in total. The van der Waals surface area contributed by atoms with E-state index in [1.54, 1.807) is 7.11 Å². The molecule has 4 aromatic rings. The van der Waals surface area contributed by atoms with Crippen molar-refractivity contribution >= 4 is 22.6 Å². The van der Waals surface area contributed by atoms with E-state index in [4.69, 9.17) is 14.5 Å². The number of rotatable bonds is 7. The molecule has 6 nitrogen and oxygen atoms in total. The molecule has 1 saturated heterocycles. The molecule has 1 fully saturated rings. The van der Waals surface area contributed by atoms with Crippen LogP contribution in [-0.4, -0.2) is 35.7 Å². The van der Waals surface area contributed by atoms with Crippen LogP contribution in [-0.2, 0) is 11.3 Å². The van der Waals surface area contributed by atoms with Crippen LogP contribution in [0.4, 0.5) is 5.69 Å². The maximum atomic E-state index is 13.1. The number of hydrogen-bond acceptors (Lipinski definition) is 4. The van der Waals surface area contributed by atoms with Gasteiger partial charge in [0.15, 0.2) is 11.5 Å². The summed E-state index contributed by atoms with van der Waals surface area (Å²) in [4.78, 5) is 20.0. The molecule has 0 aliphatic carbocycles. The Labute approximate surface area is 199 Å². The average molecular weight is 456 g/mol. The van der Waals surface area contributed by atoms with Gasteiger partial charge in [0.05, 0.1) is 24.7 Å². The Hall–Kier alpha value is -3.80. The van der Waals surface area contributed by atoms with E-state index in [0.717, 1.165) is 33.7 Å². The number of aromatic nitrogens is 2. The Balaban J connectivity index is 1.43. The van der Waals surface area contributed by atoms with Gasteiger partial charge >= 0.3 is 0 Å². The van der Waals surface area contributed by atoms with Crippen LogP contribution in [0.1, 0.15) is 29.3 Å². The summed E-state index contributed by atoms with van der Waals surface area (Å²) in [6.07, 6.45) is 0.449. The van der Waals surface area contributed by atoms with Crippen molar-refractivity contribution in [1.82, 2.24) is 9.55 Å². The lowest BCUT2D eigenvalue weighted by Gasteiger charge is -2.21. The SMILES string of the molecule is COc1ccccc1OCCn1c(C2CC(=O)N(c3c(C)cccc3C)C2)nc2ccccc21. The zero-order chi connectivity index (χ0) is 23.7. The molecule has 6 heteroatoms.